The summed E-state index contributed by atoms with van der Waals surface area (Å²) in [6.07, 6.45) is 4.35. The standard InChI is InChI=1S/C24H24ClFN4O3/c1-2-28-22(31)24(33,27-12-4-3-5-13-27)30(23(28)32)21-15-29(18-9-7-17(26)8-10-18)20-11-6-16(25)14-19(20)21/h6-11,14-15,33H,2-5,12-13H2,1H3. The Kier molecular flexibility index (Phi) is 5.39. The van der Waals surface area contributed by atoms with E-state index in [2.05, 4.69) is 0 Å². The summed E-state index contributed by atoms with van der Waals surface area (Å²) >= 11 is 6.30. The molecule has 33 heavy (non-hydrogen) atoms. The third kappa shape index (κ3) is 3.32. The molecule has 1 atom stereocenters. The van der Waals surface area contributed by atoms with Crippen molar-refractivity contribution in [1.29, 1.82) is 0 Å². The highest BCUT2D eigenvalue weighted by atomic mass is 35.5. The van der Waals surface area contributed by atoms with Crippen LogP contribution in [0.25, 0.3) is 16.6 Å². The molecule has 0 radical (unpaired) electrons. The lowest BCUT2D eigenvalue weighted by molar-refractivity contribution is -0.164. The molecule has 0 spiro atoms. The molecule has 5 rings (SSSR count). The molecule has 3 heterocycles. The number of imide groups is 1. The lowest BCUT2D eigenvalue weighted by atomic mass is 10.1. The van der Waals surface area contributed by atoms with Crippen molar-refractivity contribution < 1.29 is 19.1 Å². The number of aliphatic hydroxyl groups is 1. The second-order valence-corrected chi connectivity index (χ2v) is 8.81. The number of carbonyl (C=O) groups excluding carboxylic acids is 2. The lowest BCUT2D eigenvalue weighted by Gasteiger charge is -2.41. The van der Waals surface area contributed by atoms with Crippen molar-refractivity contribution in [3.8, 4) is 5.69 Å². The van der Waals surface area contributed by atoms with Crippen LogP contribution in [0, 0.1) is 5.82 Å². The van der Waals surface area contributed by atoms with Crippen LogP contribution in [0.3, 0.4) is 0 Å². The Labute approximate surface area is 195 Å². The number of fused-ring (bicyclic) bond motifs is 1. The molecule has 3 amide bonds. The van der Waals surface area contributed by atoms with Crippen LogP contribution in [-0.2, 0) is 4.79 Å². The van der Waals surface area contributed by atoms with Gasteiger partial charge in [-0.2, -0.15) is 0 Å². The number of halogens is 2. The maximum Gasteiger partial charge on any atom is 0.335 e. The molecule has 0 bridgehead atoms. The van der Waals surface area contributed by atoms with Crippen molar-refractivity contribution in [2.75, 3.05) is 24.5 Å². The summed E-state index contributed by atoms with van der Waals surface area (Å²) in [6, 6.07) is 10.6. The Bertz CT molecular complexity index is 1240. The third-order valence-electron chi connectivity index (χ3n) is 6.47. The number of benzene rings is 2. The summed E-state index contributed by atoms with van der Waals surface area (Å²) in [5.41, 5.74) is 1.73. The van der Waals surface area contributed by atoms with Crippen LogP contribution in [0.15, 0.2) is 48.7 Å². The number of anilines is 1. The van der Waals surface area contributed by atoms with Crippen molar-refractivity contribution in [2.24, 2.45) is 0 Å². The van der Waals surface area contributed by atoms with Crippen LogP contribution in [0.5, 0.6) is 0 Å². The van der Waals surface area contributed by atoms with E-state index in [0.29, 0.717) is 40.4 Å². The highest BCUT2D eigenvalue weighted by molar-refractivity contribution is 6.31. The smallest absolute Gasteiger partial charge is 0.335 e. The molecule has 2 aromatic carbocycles. The average Bonchev–Trinajstić information content (AvgIpc) is 3.27. The van der Waals surface area contributed by atoms with Crippen LogP contribution in [-0.4, -0.2) is 56.9 Å². The molecule has 2 aliphatic heterocycles. The van der Waals surface area contributed by atoms with E-state index in [9.17, 15) is 19.1 Å². The molecule has 2 saturated heterocycles. The molecule has 172 valence electrons. The molecule has 1 aromatic heterocycles. The molecule has 3 aromatic rings. The Hall–Kier alpha value is -2.94. The van der Waals surface area contributed by atoms with E-state index in [1.54, 1.807) is 52.9 Å². The van der Waals surface area contributed by atoms with Gasteiger partial charge in [-0.1, -0.05) is 18.0 Å². The maximum atomic E-state index is 13.5. The first-order chi connectivity index (χ1) is 15.9. The minimum absolute atomic E-state index is 0.141. The van der Waals surface area contributed by atoms with Gasteiger partial charge in [0, 0.05) is 41.9 Å². The molecule has 2 fully saturated rings. The fourth-order valence-electron chi connectivity index (χ4n) is 4.83. The minimum Gasteiger partial charge on any atom is -0.350 e. The summed E-state index contributed by atoms with van der Waals surface area (Å²) in [7, 11) is 0. The molecule has 7 nitrogen and oxygen atoms in total. The van der Waals surface area contributed by atoms with Gasteiger partial charge in [-0.05, 0) is 62.2 Å². The number of hydrogen-bond donors (Lipinski definition) is 1. The van der Waals surface area contributed by atoms with E-state index in [1.807, 2.05) is 0 Å². The SMILES string of the molecule is CCN1C(=O)N(c2cn(-c3ccc(F)cc3)c3ccc(Cl)cc23)C(O)(N2CCCCC2)C1=O. The molecule has 9 heteroatoms. The van der Waals surface area contributed by atoms with Crippen molar-refractivity contribution in [3.63, 3.8) is 0 Å². The molecule has 2 aliphatic rings. The quantitative estimate of drug-likeness (QED) is 0.576. The van der Waals surface area contributed by atoms with Crippen LogP contribution in [0.1, 0.15) is 26.2 Å². The van der Waals surface area contributed by atoms with Gasteiger partial charge in [0.25, 0.3) is 5.85 Å². The van der Waals surface area contributed by atoms with Crippen molar-refractivity contribution in [1.82, 2.24) is 14.4 Å². The highest BCUT2D eigenvalue weighted by Crippen LogP contribution is 2.41. The van der Waals surface area contributed by atoms with E-state index in [4.69, 9.17) is 11.6 Å². The number of rotatable bonds is 4. The third-order valence-corrected chi connectivity index (χ3v) is 6.71. The van der Waals surface area contributed by atoms with Crippen LogP contribution in [0.4, 0.5) is 14.9 Å². The lowest BCUT2D eigenvalue weighted by Crippen LogP contribution is -2.63. The number of likely N-dealkylation sites (N-methyl/N-ethyl adjacent to an activating group) is 1. The zero-order valence-corrected chi connectivity index (χ0v) is 18.9. The Morgan fingerprint density at radius 2 is 1.76 bits per heavy atom. The van der Waals surface area contributed by atoms with E-state index >= 15 is 0 Å². The normalized spacial score (nSPS) is 22.1. The first-order valence-electron chi connectivity index (χ1n) is 11.1. The summed E-state index contributed by atoms with van der Waals surface area (Å²) in [4.78, 5) is 30.8. The molecule has 0 saturated carbocycles. The number of urea groups is 1. The minimum atomic E-state index is -2.13. The Morgan fingerprint density at radius 3 is 2.42 bits per heavy atom. The first kappa shape index (κ1) is 21.9. The number of nitrogens with zero attached hydrogens (tertiary/aromatic N) is 4. The second kappa shape index (κ2) is 8.13. The van der Waals surface area contributed by atoms with Crippen LogP contribution < -0.4 is 4.90 Å². The van der Waals surface area contributed by atoms with Gasteiger partial charge >= 0.3 is 11.9 Å². The first-order valence-corrected chi connectivity index (χ1v) is 11.4. The fraction of sp³-hybridized carbons (Fsp3) is 0.333. The fourth-order valence-corrected chi connectivity index (χ4v) is 5.00. The Balaban J connectivity index is 1.74. The predicted octanol–water partition coefficient (Wildman–Crippen LogP) is 4.34. The van der Waals surface area contributed by atoms with Gasteiger partial charge in [0.1, 0.15) is 5.82 Å². The number of hydrogen-bond acceptors (Lipinski definition) is 4. The second-order valence-electron chi connectivity index (χ2n) is 8.37. The van der Waals surface area contributed by atoms with E-state index in [-0.39, 0.29) is 12.4 Å². The summed E-state index contributed by atoms with van der Waals surface area (Å²) in [6.45, 7) is 2.85. The zero-order valence-electron chi connectivity index (χ0n) is 18.2. The molecule has 1 N–H and O–H groups in total. The zero-order chi connectivity index (χ0) is 23.3. The van der Waals surface area contributed by atoms with E-state index < -0.39 is 17.8 Å². The summed E-state index contributed by atoms with van der Waals surface area (Å²) in [5, 5.41) is 12.9. The summed E-state index contributed by atoms with van der Waals surface area (Å²) < 4.78 is 15.3. The number of likely N-dealkylation sites (tertiary alicyclic amines) is 1. The molecule has 0 aliphatic carbocycles. The van der Waals surface area contributed by atoms with Gasteiger partial charge in [-0.3, -0.25) is 9.69 Å². The number of amides is 3. The number of piperidine rings is 1. The van der Waals surface area contributed by atoms with Gasteiger partial charge in [-0.15, -0.1) is 0 Å². The predicted molar refractivity (Wildman–Crippen MR) is 124 cm³/mol. The van der Waals surface area contributed by atoms with Gasteiger partial charge in [-0.25, -0.2) is 19.0 Å². The summed E-state index contributed by atoms with van der Waals surface area (Å²) in [5.74, 6) is -3.14. The monoisotopic (exact) mass is 470 g/mol. The maximum absolute atomic E-state index is 13.5. The highest BCUT2D eigenvalue weighted by Gasteiger charge is 2.61. The molecular weight excluding hydrogens is 447 g/mol. The van der Waals surface area contributed by atoms with Crippen molar-refractivity contribution in [3.05, 3.63) is 59.5 Å². The largest absolute Gasteiger partial charge is 0.350 e. The van der Waals surface area contributed by atoms with Gasteiger partial charge in [0.05, 0.1) is 11.2 Å². The Morgan fingerprint density at radius 1 is 1.06 bits per heavy atom. The van der Waals surface area contributed by atoms with Crippen LogP contribution in [0.2, 0.25) is 5.02 Å². The molecule has 1 unspecified atom stereocenters. The number of carbonyl (C=O) groups is 2. The number of aromatic nitrogens is 1. The van der Waals surface area contributed by atoms with Crippen molar-refractivity contribution >= 4 is 40.1 Å². The van der Waals surface area contributed by atoms with Gasteiger partial charge in [0.2, 0.25) is 0 Å². The van der Waals surface area contributed by atoms with Crippen molar-refractivity contribution in [2.45, 2.75) is 32.0 Å². The molecular formula is C24H24ClFN4O3. The van der Waals surface area contributed by atoms with E-state index in [0.717, 1.165) is 24.2 Å². The topological polar surface area (TPSA) is 69.0 Å². The van der Waals surface area contributed by atoms with Gasteiger partial charge < -0.3 is 9.67 Å². The van der Waals surface area contributed by atoms with Gasteiger partial charge in [0.15, 0.2) is 0 Å². The van der Waals surface area contributed by atoms with Crippen LogP contribution >= 0.6 is 11.6 Å². The average molecular weight is 471 g/mol. The van der Waals surface area contributed by atoms with E-state index in [1.165, 1.54) is 17.0 Å².